The van der Waals surface area contributed by atoms with Crippen molar-refractivity contribution in [3.8, 4) is 0 Å². The van der Waals surface area contributed by atoms with Gasteiger partial charge < -0.3 is 10.2 Å². The molecule has 1 N–H and O–H groups in total. The lowest BCUT2D eigenvalue weighted by atomic mass is 9.93. The molecule has 1 aliphatic carbocycles. The van der Waals surface area contributed by atoms with E-state index in [2.05, 4.69) is 22.2 Å². The van der Waals surface area contributed by atoms with E-state index in [0.29, 0.717) is 0 Å². The average Bonchev–Trinajstić information content (AvgIpc) is 3.28. The van der Waals surface area contributed by atoms with Gasteiger partial charge in [-0.25, -0.2) is 0 Å². The lowest BCUT2D eigenvalue weighted by Gasteiger charge is -2.43. The predicted octanol–water partition coefficient (Wildman–Crippen LogP) is 2.08. The van der Waals surface area contributed by atoms with Crippen LogP contribution in [0.15, 0.2) is 0 Å². The van der Waals surface area contributed by atoms with E-state index < -0.39 is 0 Å². The molecule has 1 saturated carbocycles. The molecule has 0 aromatic carbocycles. The molecule has 0 aromatic heterocycles. The molecule has 4 aliphatic rings. The predicted molar refractivity (Wildman–Crippen MR) is 82.9 cm³/mol. The maximum atomic E-state index is 3.60. The molecule has 3 heterocycles. The van der Waals surface area contributed by atoms with Crippen LogP contribution in [0.4, 0.5) is 0 Å². The zero-order chi connectivity index (χ0) is 13.5. The molecular formula is C17H31N3. The zero-order valence-electron chi connectivity index (χ0n) is 13.1. The Morgan fingerprint density at radius 3 is 2.35 bits per heavy atom. The fraction of sp³-hybridized carbons (Fsp3) is 1.00. The normalized spacial score (nSPS) is 42.3. The van der Waals surface area contributed by atoms with Crippen LogP contribution >= 0.6 is 0 Å². The van der Waals surface area contributed by atoms with Crippen LogP contribution in [0, 0.1) is 5.92 Å². The largest absolute Gasteiger partial charge is 0.316 e. The van der Waals surface area contributed by atoms with E-state index in [1.165, 1.54) is 71.0 Å². The Labute approximate surface area is 124 Å². The Balaban J connectivity index is 1.41. The minimum atomic E-state index is 0.893. The summed E-state index contributed by atoms with van der Waals surface area (Å²) < 4.78 is 0. The monoisotopic (exact) mass is 277 g/mol. The molecule has 0 aromatic rings. The Morgan fingerprint density at radius 2 is 1.75 bits per heavy atom. The highest BCUT2D eigenvalue weighted by Gasteiger charge is 2.44. The van der Waals surface area contributed by atoms with Crippen LogP contribution in [0.25, 0.3) is 0 Å². The van der Waals surface area contributed by atoms with Crippen molar-refractivity contribution in [2.45, 2.75) is 75.5 Å². The first-order valence-electron chi connectivity index (χ1n) is 8.99. The molecule has 3 heteroatoms. The lowest BCUT2D eigenvalue weighted by molar-refractivity contribution is 0.0571. The standard InChI is InChI=1S/C17H31N3/c1-19-15-6-7-16(19)10-17(9-15)20(14-4-5-14)12-13-3-2-8-18-11-13/h13-18H,2-12H2,1H3. The fourth-order valence-corrected chi connectivity index (χ4v) is 5.03. The minimum absolute atomic E-state index is 0.893. The summed E-state index contributed by atoms with van der Waals surface area (Å²) in [5.74, 6) is 0.918. The Kier molecular flexibility index (Phi) is 3.78. The van der Waals surface area contributed by atoms with Crippen molar-refractivity contribution in [3.05, 3.63) is 0 Å². The van der Waals surface area contributed by atoms with E-state index in [-0.39, 0.29) is 0 Å². The molecule has 20 heavy (non-hydrogen) atoms. The third-order valence-corrected chi connectivity index (χ3v) is 6.43. The third kappa shape index (κ3) is 2.65. The molecule has 0 amide bonds. The van der Waals surface area contributed by atoms with Crippen molar-refractivity contribution in [3.63, 3.8) is 0 Å². The van der Waals surface area contributed by atoms with Crippen molar-refractivity contribution in [2.24, 2.45) is 5.92 Å². The summed E-state index contributed by atoms with van der Waals surface area (Å²) in [5, 5.41) is 3.60. The highest BCUT2D eigenvalue weighted by atomic mass is 15.3. The molecule has 4 rings (SSSR count). The van der Waals surface area contributed by atoms with Crippen molar-refractivity contribution in [1.82, 2.24) is 15.1 Å². The highest BCUT2D eigenvalue weighted by molar-refractivity contribution is 5.00. The van der Waals surface area contributed by atoms with Gasteiger partial charge in [-0.2, -0.15) is 0 Å². The average molecular weight is 277 g/mol. The molecule has 4 fully saturated rings. The Morgan fingerprint density at radius 1 is 1.00 bits per heavy atom. The van der Waals surface area contributed by atoms with Crippen molar-refractivity contribution in [1.29, 1.82) is 0 Å². The van der Waals surface area contributed by atoms with Crippen LogP contribution in [0.2, 0.25) is 0 Å². The summed E-state index contributed by atoms with van der Waals surface area (Å²) >= 11 is 0. The first kappa shape index (κ1) is 13.5. The zero-order valence-corrected chi connectivity index (χ0v) is 13.1. The van der Waals surface area contributed by atoms with E-state index in [4.69, 9.17) is 0 Å². The second-order valence-electron chi connectivity index (χ2n) is 7.82. The molecular weight excluding hydrogens is 246 g/mol. The molecule has 3 aliphatic heterocycles. The van der Waals surface area contributed by atoms with Gasteiger partial charge in [-0.1, -0.05) is 0 Å². The molecule has 0 spiro atoms. The van der Waals surface area contributed by atoms with Crippen LogP contribution in [0.1, 0.15) is 51.4 Å². The second kappa shape index (κ2) is 5.58. The van der Waals surface area contributed by atoms with E-state index in [9.17, 15) is 0 Å². The van der Waals surface area contributed by atoms with Crippen LogP contribution in [-0.4, -0.2) is 60.6 Å². The first-order valence-corrected chi connectivity index (χ1v) is 8.99. The summed E-state index contributed by atoms with van der Waals surface area (Å²) in [4.78, 5) is 5.64. The van der Waals surface area contributed by atoms with E-state index >= 15 is 0 Å². The number of nitrogens with one attached hydrogen (secondary N) is 1. The van der Waals surface area contributed by atoms with Crippen LogP contribution in [-0.2, 0) is 0 Å². The maximum absolute atomic E-state index is 3.60. The lowest BCUT2D eigenvalue weighted by Crippen LogP contribution is -2.51. The van der Waals surface area contributed by atoms with Gasteiger partial charge in [0, 0.05) is 30.7 Å². The molecule has 114 valence electrons. The molecule has 0 radical (unpaired) electrons. The smallest absolute Gasteiger partial charge is 0.0128 e. The fourth-order valence-electron chi connectivity index (χ4n) is 5.03. The number of fused-ring (bicyclic) bond motifs is 2. The van der Waals surface area contributed by atoms with Crippen molar-refractivity contribution >= 4 is 0 Å². The summed E-state index contributed by atoms with van der Waals surface area (Å²) in [6.07, 6.45) is 11.6. The van der Waals surface area contributed by atoms with E-state index in [0.717, 1.165) is 30.1 Å². The first-order chi connectivity index (χ1) is 9.81. The molecule has 2 bridgehead atoms. The Hall–Kier alpha value is -0.120. The van der Waals surface area contributed by atoms with Gasteiger partial charge in [0.1, 0.15) is 0 Å². The number of rotatable bonds is 4. The number of hydrogen-bond acceptors (Lipinski definition) is 3. The molecule has 3 unspecified atom stereocenters. The van der Waals surface area contributed by atoms with E-state index in [1.807, 2.05) is 0 Å². The number of piperidine rings is 2. The van der Waals surface area contributed by atoms with Gasteiger partial charge in [-0.3, -0.25) is 4.90 Å². The molecule has 3 saturated heterocycles. The second-order valence-corrected chi connectivity index (χ2v) is 7.82. The van der Waals surface area contributed by atoms with Crippen LogP contribution < -0.4 is 5.32 Å². The van der Waals surface area contributed by atoms with Crippen molar-refractivity contribution in [2.75, 3.05) is 26.7 Å². The summed E-state index contributed by atoms with van der Waals surface area (Å²) in [7, 11) is 2.37. The molecule has 3 nitrogen and oxygen atoms in total. The quantitative estimate of drug-likeness (QED) is 0.849. The van der Waals surface area contributed by atoms with E-state index in [1.54, 1.807) is 0 Å². The van der Waals surface area contributed by atoms with Crippen molar-refractivity contribution < 1.29 is 0 Å². The highest BCUT2D eigenvalue weighted by Crippen LogP contribution is 2.40. The summed E-state index contributed by atoms with van der Waals surface area (Å²) in [6.45, 7) is 3.90. The Bertz CT molecular complexity index is 321. The third-order valence-electron chi connectivity index (χ3n) is 6.43. The van der Waals surface area contributed by atoms with Gasteiger partial charge >= 0.3 is 0 Å². The van der Waals surface area contributed by atoms with Gasteiger partial charge in [-0.15, -0.1) is 0 Å². The topological polar surface area (TPSA) is 18.5 Å². The number of hydrogen-bond donors (Lipinski definition) is 1. The van der Waals surface area contributed by atoms with Gasteiger partial charge in [0.05, 0.1) is 0 Å². The minimum Gasteiger partial charge on any atom is -0.316 e. The van der Waals surface area contributed by atoms with Gasteiger partial charge in [0.15, 0.2) is 0 Å². The summed E-state index contributed by atoms with van der Waals surface area (Å²) in [6, 6.07) is 3.64. The van der Waals surface area contributed by atoms with Gasteiger partial charge in [-0.05, 0) is 77.4 Å². The summed E-state index contributed by atoms with van der Waals surface area (Å²) in [5.41, 5.74) is 0. The van der Waals surface area contributed by atoms with Crippen LogP contribution in [0.5, 0.6) is 0 Å². The SMILES string of the molecule is CN1C2CCC1CC(N(CC1CCCNC1)C1CC1)C2. The van der Waals surface area contributed by atoms with Crippen LogP contribution in [0.3, 0.4) is 0 Å². The maximum Gasteiger partial charge on any atom is 0.0128 e. The number of nitrogens with zero attached hydrogens (tertiary/aromatic N) is 2. The molecule has 3 atom stereocenters. The van der Waals surface area contributed by atoms with Gasteiger partial charge in [0.25, 0.3) is 0 Å². The van der Waals surface area contributed by atoms with Gasteiger partial charge in [0.2, 0.25) is 0 Å².